The van der Waals surface area contributed by atoms with Crippen molar-refractivity contribution in [3.63, 3.8) is 0 Å². The molecule has 2 aromatic heterocycles. The average Bonchev–Trinajstić information content (AvgIpc) is 3.20. The number of aromatic nitrogens is 1. The van der Waals surface area contributed by atoms with Crippen molar-refractivity contribution in [2.24, 2.45) is 0 Å². The smallest absolute Gasteiger partial charge is 0.136 e. The van der Waals surface area contributed by atoms with Crippen molar-refractivity contribution in [3.8, 4) is 0 Å². The van der Waals surface area contributed by atoms with Crippen LogP contribution in [0.25, 0.3) is 43.7 Å². The first kappa shape index (κ1) is 16.1. The molecule has 0 saturated heterocycles. The van der Waals surface area contributed by atoms with Crippen LogP contribution in [0.15, 0.2) is 65.1 Å². The zero-order valence-corrected chi connectivity index (χ0v) is 14.7. The van der Waals surface area contributed by atoms with Gasteiger partial charge in [-0.25, -0.2) is 0 Å². The van der Waals surface area contributed by atoms with E-state index in [1.165, 1.54) is 27.1 Å². The standard InChI is InChI=1S/C18H11NO.2C2H6/c1-3-7-15-11(5-1)13-10-18-14(9-16(13)19-15)12-6-2-4-8-17(12)20-18;2*1-2/h1-10,19H;2*1-2H3. The van der Waals surface area contributed by atoms with E-state index >= 15 is 0 Å². The molecule has 0 atom stereocenters. The summed E-state index contributed by atoms with van der Waals surface area (Å²) in [7, 11) is 0. The van der Waals surface area contributed by atoms with Gasteiger partial charge in [0.25, 0.3) is 0 Å². The molecule has 0 unspecified atom stereocenters. The monoisotopic (exact) mass is 317 g/mol. The lowest BCUT2D eigenvalue weighted by atomic mass is 10.1. The van der Waals surface area contributed by atoms with Crippen molar-refractivity contribution in [1.82, 2.24) is 4.98 Å². The Bertz CT molecular complexity index is 1010. The first-order chi connectivity index (χ1) is 11.9. The highest BCUT2D eigenvalue weighted by atomic mass is 16.3. The predicted octanol–water partition coefficient (Wildman–Crippen LogP) is 7.27. The maximum absolute atomic E-state index is 5.96. The van der Waals surface area contributed by atoms with E-state index in [1.807, 2.05) is 45.9 Å². The fraction of sp³-hybridized carbons (Fsp3) is 0.182. The Morgan fingerprint density at radius 1 is 0.583 bits per heavy atom. The van der Waals surface area contributed by atoms with Crippen molar-refractivity contribution in [2.45, 2.75) is 27.7 Å². The van der Waals surface area contributed by atoms with Crippen LogP contribution in [-0.2, 0) is 0 Å². The number of nitrogens with one attached hydrogen (secondary N) is 1. The molecular weight excluding hydrogens is 294 g/mol. The molecule has 2 heteroatoms. The van der Waals surface area contributed by atoms with Gasteiger partial charge in [0.15, 0.2) is 0 Å². The number of furan rings is 1. The number of benzene rings is 3. The van der Waals surface area contributed by atoms with Gasteiger partial charge in [0.05, 0.1) is 0 Å². The molecule has 0 aliphatic carbocycles. The zero-order valence-electron chi connectivity index (χ0n) is 14.7. The molecular formula is C22H23NO. The number of para-hydroxylation sites is 2. The zero-order chi connectivity index (χ0) is 17.1. The lowest BCUT2D eigenvalue weighted by Crippen LogP contribution is -1.69. The fourth-order valence-electron chi connectivity index (χ4n) is 3.07. The SMILES string of the molecule is CC.CC.c1ccc2c(c1)[nH]c1cc3c(cc12)oc1ccccc13. The van der Waals surface area contributed by atoms with Gasteiger partial charge in [-0.05, 0) is 24.3 Å². The summed E-state index contributed by atoms with van der Waals surface area (Å²) in [6, 6.07) is 20.9. The summed E-state index contributed by atoms with van der Waals surface area (Å²) in [5.74, 6) is 0. The first-order valence-corrected chi connectivity index (χ1v) is 8.72. The van der Waals surface area contributed by atoms with E-state index in [4.69, 9.17) is 4.42 Å². The minimum atomic E-state index is 0.944. The molecule has 1 N–H and O–H groups in total. The summed E-state index contributed by atoms with van der Waals surface area (Å²) >= 11 is 0. The summed E-state index contributed by atoms with van der Waals surface area (Å²) in [5.41, 5.74) is 4.22. The largest absolute Gasteiger partial charge is 0.456 e. The van der Waals surface area contributed by atoms with Crippen molar-refractivity contribution in [3.05, 3.63) is 60.7 Å². The molecule has 0 amide bonds. The van der Waals surface area contributed by atoms with Gasteiger partial charge in [0.2, 0.25) is 0 Å². The van der Waals surface area contributed by atoms with Crippen LogP contribution in [0.1, 0.15) is 27.7 Å². The van der Waals surface area contributed by atoms with Gasteiger partial charge >= 0.3 is 0 Å². The lowest BCUT2D eigenvalue weighted by molar-refractivity contribution is 0.669. The Kier molecular flexibility index (Phi) is 4.57. The molecule has 0 fully saturated rings. The van der Waals surface area contributed by atoms with Gasteiger partial charge < -0.3 is 9.40 Å². The number of fused-ring (bicyclic) bond motifs is 6. The number of hydrogen-bond acceptors (Lipinski definition) is 1. The van der Waals surface area contributed by atoms with Crippen LogP contribution in [0, 0.1) is 0 Å². The number of rotatable bonds is 0. The topological polar surface area (TPSA) is 28.9 Å². The second-order valence-corrected chi connectivity index (χ2v) is 5.16. The van der Waals surface area contributed by atoms with Gasteiger partial charge in [-0.15, -0.1) is 0 Å². The second-order valence-electron chi connectivity index (χ2n) is 5.16. The maximum Gasteiger partial charge on any atom is 0.136 e. The molecule has 2 nitrogen and oxygen atoms in total. The summed E-state index contributed by atoms with van der Waals surface area (Å²) in [6.07, 6.45) is 0. The molecule has 24 heavy (non-hydrogen) atoms. The van der Waals surface area contributed by atoms with Crippen LogP contribution >= 0.6 is 0 Å². The van der Waals surface area contributed by atoms with Crippen LogP contribution in [0.2, 0.25) is 0 Å². The normalized spacial score (nSPS) is 10.5. The van der Waals surface area contributed by atoms with Crippen molar-refractivity contribution in [1.29, 1.82) is 0 Å². The molecule has 5 aromatic rings. The van der Waals surface area contributed by atoms with Crippen LogP contribution in [0.4, 0.5) is 0 Å². The lowest BCUT2D eigenvalue weighted by Gasteiger charge is -1.92. The second kappa shape index (κ2) is 6.79. The summed E-state index contributed by atoms with van der Waals surface area (Å²) < 4.78 is 5.96. The van der Waals surface area contributed by atoms with E-state index in [0.717, 1.165) is 16.7 Å². The molecule has 5 rings (SSSR count). The minimum absolute atomic E-state index is 0.944. The van der Waals surface area contributed by atoms with Gasteiger partial charge in [0, 0.05) is 32.6 Å². The van der Waals surface area contributed by atoms with Crippen LogP contribution < -0.4 is 0 Å². The van der Waals surface area contributed by atoms with Crippen molar-refractivity contribution in [2.75, 3.05) is 0 Å². The van der Waals surface area contributed by atoms with Crippen molar-refractivity contribution < 1.29 is 4.42 Å². The highest BCUT2D eigenvalue weighted by Crippen LogP contribution is 2.34. The quantitative estimate of drug-likeness (QED) is 0.319. The summed E-state index contributed by atoms with van der Waals surface area (Å²) in [4.78, 5) is 3.48. The van der Waals surface area contributed by atoms with E-state index in [9.17, 15) is 0 Å². The third kappa shape index (κ3) is 2.44. The highest BCUT2D eigenvalue weighted by molar-refractivity contribution is 6.15. The van der Waals surface area contributed by atoms with Crippen LogP contribution in [0.5, 0.6) is 0 Å². The first-order valence-electron chi connectivity index (χ1n) is 8.72. The Morgan fingerprint density at radius 3 is 2.04 bits per heavy atom. The number of aromatic amines is 1. The fourth-order valence-corrected chi connectivity index (χ4v) is 3.07. The van der Waals surface area contributed by atoms with Gasteiger partial charge in [-0.1, -0.05) is 64.1 Å². The molecule has 3 aromatic carbocycles. The van der Waals surface area contributed by atoms with E-state index in [0.29, 0.717) is 0 Å². The Labute approximate surface area is 142 Å². The third-order valence-electron chi connectivity index (χ3n) is 4.00. The molecule has 0 saturated carbocycles. The van der Waals surface area contributed by atoms with Gasteiger partial charge in [-0.3, -0.25) is 0 Å². The summed E-state index contributed by atoms with van der Waals surface area (Å²) in [5, 5.41) is 4.79. The Hall–Kier alpha value is -2.74. The van der Waals surface area contributed by atoms with Gasteiger partial charge in [0.1, 0.15) is 11.2 Å². The maximum atomic E-state index is 5.96. The Balaban J connectivity index is 0.000000396. The highest BCUT2D eigenvalue weighted by Gasteiger charge is 2.10. The molecule has 0 bridgehead atoms. The van der Waals surface area contributed by atoms with Gasteiger partial charge in [-0.2, -0.15) is 0 Å². The van der Waals surface area contributed by atoms with Crippen LogP contribution in [0.3, 0.4) is 0 Å². The third-order valence-corrected chi connectivity index (χ3v) is 4.00. The Morgan fingerprint density at radius 2 is 1.25 bits per heavy atom. The van der Waals surface area contributed by atoms with Crippen molar-refractivity contribution >= 4 is 43.7 Å². The number of hydrogen-bond donors (Lipinski definition) is 1. The molecule has 0 spiro atoms. The minimum Gasteiger partial charge on any atom is -0.456 e. The average molecular weight is 317 g/mol. The predicted molar refractivity (Wildman–Crippen MR) is 106 cm³/mol. The summed E-state index contributed by atoms with van der Waals surface area (Å²) in [6.45, 7) is 8.00. The van der Waals surface area contributed by atoms with E-state index in [2.05, 4.69) is 47.4 Å². The van der Waals surface area contributed by atoms with E-state index in [1.54, 1.807) is 0 Å². The molecule has 0 radical (unpaired) electrons. The van der Waals surface area contributed by atoms with E-state index in [-0.39, 0.29) is 0 Å². The molecule has 122 valence electrons. The molecule has 2 heterocycles. The number of H-pyrrole nitrogens is 1. The molecule has 0 aliphatic heterocycles. The van der Waals surface area contributed by atoms with E-state index < -0.39 is 0 Å². The van der Waals surface area contributed by atoms with Crippen LogP contribution in [-0.4, -0.2) is 4.98 Å². The molecule has 0 aliphatic rings.